The summed E-state index contributed by atoms with van der Waals surface area (Å²) in [4.78, 5) is 44.8. The van der Waals surface area contributed by atoms with Gasteiger partial charge in [0.15, 0.2) is 5.13 Å². The minimum Gasteiger partial charge on any atom is -0.507 e. The predicted octanol–water partition coefficient (Wildman–Crippen LogP) is 4.58. The summed E-state index contributed by atoms with van der Waals surface area (Å²) in [5, 5.41) is 11.5. The fourth-order valence-corrected chi connectivity index (χ4v) is 5.22. The number of hydrogen-bond acceptors (Lipinski definition) is 9. The molecule has 1 fully saturated rings. The van der Waals surface area contributed by atoms with Crippen LogP contribution in [0.1, 0.15) is 45.0 Å². The lowest BCUT2D eigenvalue weighted by atomic mass is 9.95. The standard InChI is InChI=1S/C27H26N2O7S/c1-6-36-18-10-7-16(8-11-18)21-20(22(30)17-9-12-19(34-4)14(2)13-17)23(31)25(32)29(21)27-28-15(3)24(37-27)26(33)35-5/h7-13,21,30H,6H2,1-5H3/b22-20+/t21-/m1/s1. The lowest BCUT2D eigenvalue weighted by molar-refractivity contribution is -0.132. The molecule has 1 aromatic heterocycles. The Morgan fingerprint density at radius 3 is 2.41 bits per heavy atom. The number of esters is 1. The molecular weight excluding hydrogens is 496 g/mol. The minimum atomic E-state index is -0.992. The smallest absolute Gasteiger partial charge is 0.350 e. The molecule has 37 heavy (non-hydrogen) atoms. The van der Waals surface area contributed by atoms with E-state index in [4.69, 9.17) is 14.2 Å². The van der Waals surface area contributed by atoms with Gasteiger partial charge in [-0.15, -0.1) is 0 Å². The van der Waals surface area contributed by atoms with E-state index in [0.29, 0.717) is 34.9 Å². The maximum Gasteiger partial charge on any atom is 0.350 e. The zero-order valence-corrected chi connectivity index (χ0v) is 21.8. The first-order valence-corrected chi connectivity index (χ1v) is 12.3. The first-order chi connectivity index (χ1) is 17.7. The number of ether oxygens (including phenoxy) is 3. The monoisotopic (exact) mass is 522 g/mol. The van der Waals surface area contributed by atoms with Gasteiger partial charge in [0.1, 0.15) is 22.1 Å². The molecule has 2 aromatic carbocycles. The van der Waals surface area contributed by atoms with Crippen LogP contribution in [0.2, 0.25) is 0 Å². The van der Waals surface area contributed by atoms with Gasteiger partial charge in [0, 0.05) is 5.56 Å². The van der Waals surface area contributed by atoms with E-state index in [9.17, 15) is 19.5 Å². The molecule has 0 saturated carbocycles. The van der Waals surface area contributed by atoms with Crippen molar-refractivity contribution in [3.63, 3.8) is 0 Å². The minimum absolute atomic E-state index is 0.0915. The number of aliphatic hydroxyl groups excluding tert-OH is 1. The van der Waals surface area contributed by atoms with Crippen molar-refractivity contribution in [2.24, 2.45) is 0 Å². The Hall–Kier alpha value is -4.18. The van der Waals surface area contributed by atoms with Crippen molar-refractivity contribution in [1.29, 1.82) is 0 Å². The van der Waals surface area contributed by atoms with Crippen LogP contribution < -0.4 is 14.4 Å². The molecule has 1 amide bonds. The van der Waals surface area contributed by atoms with Gasteiger partial charge in [-0.05, 0) is 62.2 Å². The zero-order valence-electron chi connectivity index (χ0n) is 21.0. The molecule has 1 atom stereocenters. The average molecular weight is 523 g/mol. The summed E-state index contributed by atoms with van der Waals surface area (Å²) in [7, 11) is 2.79. The molecule has 192 valence electrons. The van der Waals surface area contributed by atoms with Crippen molar-refractivity contribution in [2.45, 2.75) is 26.8 Å². The molecule has 4 rings (SSSR count). The Labute approximate surface area is 217 Å². The molecule has 3 aromatic rings. The third kappa shape index (κ3) is 4.67. The van der Waals surface area contributed by atoms with Crippen LogP contribution in [0.3, 0.4) is 0 Å². The number of thiazole rings is 1. The van der Waals surface area contributed by atoms with Crippen LogP contribution in [0.4, 0.5) is 5.13 Å². The second-order valence-electron chi connectivity index (χ2n) is 8.26. The number of carbonyl (C=O) groups is 3. The molecule has 1 N–H and O–H groups in total. The summed E-state index contributed by atoms with van der Waals surface area (Å²) >= 11 is 0.944. The number of aryl methyl sites for hydroxylation is 2. The molecule has 0 spiro atoms. The molecule has 1 saturated heterocycles. The van der Waals surface area contributed by atoms with Crippen LogP contribution in [0.5, 0.6) is 11.5 Å². The summed E-state index contributed by atoms with van der Waals surface area (Å²) in [5.74, 6) is -1.41. The van der Waals surface area contributed by atoms with Gasteiger partial charge in [-0.25, -0.2) is 9.78 Å². The van der Waals surface area contributed by atoms with Gasteiger partial charge in [-0.3, -0.25) is 14.5 Å². The molecule has 0 radical (unpaired) electrons. The number of nitrogens with zero attached hydrogens (tertiary/aromatic N) is 2. The van der Waals surface area contributed by atoms with Crippen LogP contribution in [0, 0.1) is 13.8 Å². The van der Waals surface area contributed by atoms with Gasteiger partial charge < -0.3 is 19.3 Å². The normalized spacial score (nSPS) is 16.7. The SMILES string of the molecule is CCOc1ccc([C@@H]2/C(=C(\O)c3ccc(OC)c(C)c3)C(=O)C(=O)N2c2nc(C)c(C(=O)OC)s2)cc1. The molecule has 0 unspecified atom stereocenters. The number of aliphatic hydroxyl groups is 1. The highest BCUT2D eigenvalue weighted by atomic mass is 32.1. The Morgan fingerprint density at radius 1 is 1.11 bits per heavy atom. The van der Waals surface area contributed by atoms with Crippen LogP contribution >= 0.6 is 11.3 Å². The number of anilines is 1. The van der Waals surface area contributed by atoms with E-state index in [1.807, 2.05) is 13.8 Å². The molecule has 0 bridgehead atoms. The van der Waals surface area contributed by atoms with E-state index in [0.717, 1.165) is 16.9 Å². The first kappa shape index (κ1) is 25.9. The summed E-state index contributed by atoms with van der Waals surface area (Å²) in [6.07, 6.45) is 0. The number of aromatic nitrogens is 1. The zero-order chi connectivity index (χ0) is 26.9. The Kier molecular flexibility index (Phi) is 7.30. The lowest BCUT2D eigenvalue weighted by Gasteiger charge is -2.23. The van der Waals surface area contributed by atoms with E-state index in [-0.39, 0.29) is 21.3 Å². The van der Waals surface area contributed by atoms with Crippen molar-refractivity contribution < 1.29 is 33.7 Å². The Bertz CT molecular complexity index is 1410. The van der Waals surface area contributed by atoms with E-state index in [1.54, 1.807) is 49.4 Å². The van der Waals surface area contributed by atoms with E-state index in [2.05, 4.69) is 4.98 Å². The number of carbonyl (C=O) groups excluding carboxylic acids is 3. The second-order valence-corrected chi connectivity index (χ2v) is 9.24. The Balaban J connectivity index is 1.91. The van der Waals surface area contributed by atoms with Crippen LogP contribution in [0.25, 0.3) is 5.76 Å². The van der Waals surface area contributed by atoms with E-state index < -0.39 is 23.7 Å². The molecule has 0 aliphatic carbocycles. The van der Waals surface area contributed by atoms with Gasteiger partial charge >= 0.3 is 11.9 Å². The van der Waals surface area contributed by atoms with Gasteiger partial charge in [0.25, 0.3) is 5.78 Å². The molecule has 2 heterocycles. The fourth-order valence-electron chi connectivity index (χ4n) is 4.21. The van der Waals surface area contributed by atoms with Crippen molar-refractivity contribution >= 4 is 39.9 Å². The number of hydrogen-bond donors (Lipinski definition) is 1. The molecule has 10 heteroatoms. The summed E-state index contributed by atoms with van der Waals surface area (Å²) < 4.78 is 15.7. The van der Waals surface area contributed by atoms with Gasteiger partial charge in [-0.1, -0.05) is 23.5 Å². The fraction of sp³-hybridized carbons (Fsp3) is 0.259. The van der Waals surface area contributed by atoms with Crippen molar-refractivity contribution in [3.05, 3.63) is 75.3 Å². The second kappa shape index (κ2) is 10.4. The third-order valence-electron chi connectivity index (χ3n) is 5.98. The highest BCUT2D eigenvalue weighted by molar-refractivity contribution is 7.17. The number of rotatable bonds is 7. The number of methoxy groups -OCH3 is 2. The van der Waals surface area contributed by atoms with Gasteiger partial charge in [0.2, 0.25) is 0 Å². The maximum atomic E-state index is 13.4. The van der Waals surface area contributed by atoms with Gasteiger partial charge in [-0.2, -0.15) is 0 Å². The van der Waals surface area contributed by atoms with Crippen molar-refractivity contribution in [1.82, 2.24) is 4.98 Å². The van der Waals surface area contributed by atoms with Crippen molar-refractivity contribution in [2.75, 3.05) is 25.7 Å². The van der Waals surface area contributed by atoms with Crippen LogP contribution in [-0.4, -0.2) is 48.6 Å². The summed E-state index contributed by atoms with van der Waals surface area (Å²) in [6, 6.07) is 10.9. The predicted molar refractivity (Wildman–Crippen MR) is 138 cm³/mol. The summed E-state index contributed by atoms with van der Waals surface area (Å²) in [5.41, 5.74) is 1.94. The molecule has 1 aliphatic rings. The number of amides is 1. The average Bonchev–Trinajstić information content (AvgIpc) is 3.40. The number of Topliss-reactive ketones (excluding diaryl/α,β-unsaturated/α-hetero) is 1. The highest BCUT2D eigenvalue weighted by Gasteiger charge is 2.48. The van der Waals surface area contributed by atoms with Gasteiger partial charge in [0.05, 0.1) is 38.1 Å². The molecular formula is C27H26N2O7S. The Morgan fingerprint density at radius 2 is 1.81 bits per heavy atom. The quantitative estimate of drug-likeness (QED) is 0.208. The largest absolute Gasteiger partial charge is 0.507 e. The van der Waals surface area contributed by atoms with E-state index in [1.165, 1.54) is 19.1 Å². The first-order valence-electron chi connectivity index (χ1n) is 11.5. The van der Waals surface area contributed by atoms with Crippen LogP contribution in [0.15, 0.2) is 48.0 Å². The van der Waals surface area contributed by atoms with Crippen LogP contribution in [-0.2, 0) is 14.3 Å². The summed E-state index contributed by atoms with van der Waals surface area (Å²) in [6.45, 7) is 5.77. The number of ketones is 1. The highest BCUT2D eigenvalue weighted by Crippen LogP contribution is 2.44. The molecule has 1 aliphatic heterocycles. The lowest BCUT2D eigenvalue weighted by Crippen LogP contribution is -2.29. The topological polar surface area (TPSA) is 115 Å². The van der Waals surface area contributed by atoms with Crippen molar-refractivity contribution in [3.8, 4) is 11.5 Å². The number of benzene rings is 2. The molecule has 9 nitrogen and oxygen atoms in total. The van der Waals surface area contributed by atoms with E-state index >= 15 is 0 Å². The maximum absolute atomic E-state index is 13.4. The third-order valence-corrected chi connectivity index (χ3v) is 7.12.